The van der Waals surface area contributed by atoms with E-state index in [0.29, 0.717) is 10.9 Å². The summed E-state index contributed by atoms with van der Waals surface area (Å²) in [6.07, 6.45) is 3.31. The van der Waals surface area contributed by atoms with E-state index in [1.54, 1.807) is 6.08 Å². The van der Waals surface area contributed by atoms with E-state index >= 15 is 8.78 Å². The average molecular weight is 561 g/mol. The maximum atomic E-state index is 16.4. The Kier molecular flexibility index (Phi) is 7.83. The first-order valence-electron chi connectivity index (χ1n) is 13.3. The van der Waals surface area contributed by atoms with E-state index in [1.807, 2.05) is 103 Å². The second-order valence-corrected chi connectivity index (χ2v) is 14.0. The van der Waals surface area contributed by atoms with Crippen LogP contribution >= 0.6 is 15.8 Å². The summed E-state index contributed by atoms with van der Waals surface area (Å²) in [7, 11) is -2.27. The van der Waals surface area contributed by atoms with Crippen molar-refractivity contribution < 1.29 is 8.78 Å². The predicted octanol–water partition coefficient (Wildman–Crippen LogP) is 7.88. The minimum absolute atomic E-state index is 0.156. The van der Waals surface area contributed by atoms with Crippen molar-refractivity contribution in [1.29, 1.82) is 0 Å². The molecule has 1 aliphatic rings. The van der Waals surface area contributed by atoms with Crippen molar-refractivity contribution in [3.63, 3.8) is 0 Å². The molecule has 196 valence electrons. The van der Waals surface area contributed by atoms with Crippen LogP contribution in [0, 0.1) is 0 Å². The molecule has 0 N–H and O–H groups in total. The molecule has 0 spiro atoms. The molecule has 0 aromatic heterocycles. The fourth-order valence-electron chi connectivity index (χ4n) is 5.26. The summed E-state index contributed by atoms with van der Waals surface area (Å²) in [5.41, 5.74) is 0.800. The highest BCUT2D eigenvalue weighted by Gasteiger charge is 2.41. The first-order valence-corrected chi connectivity index (χ1v) is 16.0. The normalized spacial score (nSPS) is 14.6. The van der Waals surface area contributed by atoms with Crippen molar-refractivity contribution in [2.45, 2.75) is 12.3 Å². The number of allylic oxidation sites excluding steroid dienone is 4. The van der Waals surface area contributed by atoms with Gasteiger partial charge in [0.15, 0.2) is 0 Å². The minimum Gasteiger partial charge on any atom is -0.201 e. The molecule has 1 aliphatic carbocycles. The lowest BCUT2D eigenvalue weighted by molar-refractivity contribution is 0.0692. The summed E-state index contributed by atoms with van der Waals surface area (Å²) in [5, 5.41) is 6.07. The van der Waals surface area contributed by atoms with Gasteiger partial charge in [0, 0.05) is 12.0 Å². The predicted molar refractivity (Wildman–Crippen MR) is 170 cm³/mol. The van der Waals surface area contributed by atoms with Crippen LogP contribution in [0.4, 0.5) is 8.78 Å². The van der Waals surface area contributed by atoms with Gasteiger partial charge in [-0.2, -0.15) is 0 Å². The van der Waals surface area contributed by atoms with Crippen LogP contribution in [0.5, 0.6) is 0 Å². The Morgan fingerprint density at radius 2 is 0.875 bits per heavy atom. The third kappa shape index (κ3) is 5.35. The molecule has 6 rings (SSSR count). The first kappa shape index (κ1) is 26.5. The molecular formula is C36H28F2P2. The van der Waals surface area contributed by atoms with Gasteiger partial charge < -0.3 is 0 Å². The zero-order valence-corrected chi connectivity index (χ0v) is 23.7. The van der Waals surface area contributed by atoms with Crippen molar-refractivity contribution >= 4 is 47.9 Å². The molecule has 0 aliphatic heterocycles. The smallest absolute Gasteiger partial charge is 0.201 e. The van der Waals surface area contributed by atoms with E-state index in [4.69, 9.17) is 0 Å². The molecule has 0 nitrogen and oxygen atoms in total. The zero-order valence-electron chi connectivity index (χ0n) is 21.9. The lowest BCUT2D eigenvalue weighted by Crippen LogP contribution is -2.29. The van der Waals surface area contributed by atoms with Gasteiger partial charge in [-0.05, 0) is 53.2 Å². The van der Waals surface area contributed by atoms with Crippen LogP contribution < -0.4 is 26.5 Å². The van der Waals surface area contributed by atoms with Crippen LogP contribution in [0.3, 0.4) is 0 Å². The maximum absolute atomic E-state index is 16.4. The fraction of sp³-hybridized carbons (Fsp3) is 0.0556. The highest BCUT2D eigenvalue weighted by Crippen LogP contribution is 2.54. The summed E-state index contributed by atoms with van der Waals surface area (Å²) < 4.78 is 32.7. The average Bonchev–Trinajstić information content (AvgIpc) is 3.00. The molecule has 0 bridgehead atoms. The minimum atomic E-state index is -3.00. The zero-order chi connectivity index (χ0) is 27.4. The molecule has 0 heterocycles. The second-order valence-electron chi connectivity index (χ2n) is 9.60. The van der Waals surface area contributed by atoms with Gasteiger partial charge in [0.05, 0.1) is 0 Å². The van der Waals surface area contributed by atoms with Gasteiger partial charge in [0.25, 0.3) is 5.92 Å². The van der Waals surface area contributed by atoms with Crippen LogP contribution in [-0.4, -0.2) is 5.92 Å². The molecule has 5 aromatic carbocycles. The van der Waals surface area contributed by atoms with Gasteiger partial charge in [0.2, 0.25) is 0 Å². The molecule has 0 fully saturated rings. The van der Waals surface area contributed by atoms with E-state index in [0.717, 1.165) is 26.5 Å². The number of alkyl halides is 2. The Balaban J connectivity index is 1.64. The van der Waals surface area contributed by atoms with Gasteiger partial charge in [-0.3, -0.25) is 0 Å². The van der Waals surface area contributed by atoms with Crippen molar-refractivity contribution in [2.75, 3.05) is 0 Å². The lowest BCUT2D eigenvalue weighted by Gasteiger charge is -2.32. The molecule has 40 heavy (non-hydrogen) atoms. The van der Waals surface area contributed by atoms with Crippen molar-refractivity contribution in [3.8, 4) is 0 Å². The third-order valence-electron chi connectivity index (χ3n) is 6.98. The number of rotatable bonds is 7. The summed E-state index contributed by atoms with van der Waals surface area (Å²) in [6.45, 7) is 0. The third-order valence-corrected chi connectivity index (χ3v) is 12.0. The van der Waals surface area contributed by atoms with Gasteiger partial charge in [-0.25, -0.2) is 8.78 Å². The van der Waals surface area contributed by atoms with Crippen LogP contribution in [-0.2, 0) is 0 Å². The van der Waals surface area contributed by atoms with Crippen LogP contribution in [0.15, 0.2) is 163 Å². The van der Waals surface area contributed by atoms with Gasteiger partial charge in [-0.15, -0.1) is 0 Å². The van der Waals surface area contributed by atoms with E-state index in [1.165, 1.54) is 0 Å². The monoisotopic (exact) mass is 560 g/mol. The number of hydrogen-bond acceptors (Lipinski definition) is 0. The Morgan fingerprint density at radius 3 is 1.35 bits per heavy atom. The highest BCUT2D eigenvalue weighted by atomic mass is 31.1. The summed E-state index contributed by atoms with van der Waals surface area (Å²) in [5.74, 6) is -3.00. The Labute approximate surface area is 237 Å². The SMILES string of the molecule is FC1(F)CC=CC(P(c2ccccc2)c2ccccc2)=C1c1ccccc1P(c1ccccc1)c1ccccc1. The van der Waals surface area contributed by atoms with E-state index < -0.39 is 21.8 Å². The summed E-state index contributed by atoms with van der Waals surface area (Å²) in [6, 6.07) is 48.6. The van der Waals surface area contributed by atoms with Crippen LogP contribution in [0.1, 0.15) is 12.0 Å². The molecular weight excluding hydrogens is 532 g/mol. The maximum Gasteiger partial charge on any atom is 0.277 e. The molecule has 0 saturated heterocycles. The standard InChI is InChI=1S/C36H28F2P2/c37-36(38)27-15-26-34(40(30-20-9-3-10-21-30)31-22-11-4-12-23-31)35(36)32-24-13-14-25-33(32)39(28-16-5-1-6-17-28)29-18-7-2-8-19-29/h1-26H,27H2. The second kappa shape index (κ2) is 11.8. The molecule has 4 heteroatoms. The van der Waals surface area contributed by atoms with E-state index in [9.17, 15) is 0 Å². The van der Waals surface area contributed by atoms with Crippen LogP contribution in [0.25, 0.3) is 5.57 Å². The molecule has 0 unspecified atom stereocenters. The largest absolute Gasteiger partial charge is 0.277 e. The van der Waals surface area contributed by atoms with E-state index in [2.05, 4.69) is 48.5 Å². The van der Waals surface area contributed by atoms with Crippen LogP contribution in [0.2, 0.25) is 0 Å². The highest BCUT2D eigenvalue weighted by molar-refractivity contribution is 7.80. The molecule has 0 atom stereocenters. The quantitative estimate of drug-likeness (QED) is 0.178. The molecule has 0 amide bonds. The first-order chi connectivity index (χ1) is 19.6. The molecule has 5 aromatic rings. The van der Waals surface area contributed by atoms with Crippen molar-refractivity contribution in [2.24, 2.45) is 0 Å². The fourth-order valence-corrected chi connectivity index (χ4v) is 10.3. The Morgan fingerprint density at radius 1 is 0.475 bits per heavy atom. The summed E-state index contributed by atoms with van der Waals surface area (Å²) in [4.78, 5) is 0. The molecule has 0 radical (unpaired) electrons. The summed E-state index contributed by atoms with van der Waals surface area (Å²) >= 11 is 0. The van der Waals surface area contributed by atoms with Gasteiger partial charge in [0.1, 0.15) is 0 Å². The molecule has 0 saturated carbocycles. The number of benzene rings is 5. The van der Waals surface area contributed by atoms with Crippen molar-refractivity contribution in [1.82, 2.24) is 0 Å². The van der Waals surface area contributed by atoms with Crippen molar-refractivity contribution in [3.05, 3.63) is 169 Å². The number of hydrogen-bond donors (Lipinski definition) is 0. The van der Waals surface area contributed by atoms with E-state index in [-0.39, 0.29) is 12.0 Å². The lowest BCUT2D eigenvalue weighted by atomic mass is 9.93. The van der Waals surface area contributed by atoms with Gasteiger partial charge in [-0.1, -0.05) is 158 Å². The van der Waals surface area contributed by atoms with Gasteiger partial charge >= 0.3 is 0 Å². The Hall–Kier alpha value is -3.70. The topological polar surface area (TPSA) is 0 Å². The Bertz CT molecular complexity index is 1550. The number of halogens is 2.